The number of aliphatic carboxylic acids is 1. The maximum atomic E-state index is 12.9. The van der Waals surface area contributed by atoms with Crippen LogP contribution in [-0.4, -0.2) is 51.5 Å². The first-order chi connectivity index (χ1) is 17.9. The summed E-state index contributed by atoms with van der Waals surface area (Å²) in [6.07, 6.45) is 8.09. The number of rotatable bonds is 1. The Morgan fingerprint density at radius 3 is 2.31 bits per heavy atom. The number of hydrogen-bond acceptors (Lipinski definition) is 5. The van der Waals surface area contributed by atoms with E-state index in [0.29, 0.717) is 37.7 Å². The molecule has 6 aliphatic rings. The highest BCUT2D eigenvalue weighted by Crippen LogP contribution is 2.76. The molecular formula is C33H52O6. The van der Waals surface area contributed by atoms with E-state index >= 15 is 0 Å². The van der Waals surface area contributed by atoms with Crippen molar-refractivity contribution in [3.63, 3.8) is 0 Å². The first-order valence-electron chi connectivity index (χ1n) is 15.6. The van der Waals surface area contributed by atoms with Crippen LogP contribution in [0, 0.1) is 50.7 Å². The van der Waals surface area contributed by atoms with Gasteiger partial charge in [-0.05, 0) is 106 Å². The molecule has 0 aromatic rings. The Morgan fingerprint density at radius 2 is 1.64 bits per heavy atom. The molecule has 39 heavy (non-hydrogen) atoms. The molecule has 6 rings (SSSR count). The van der Waals surface area contributed by atoms with Gasteiger partial charge in [-0.2, -0.15) is 0 Å². The number of ether oxygens (including phenoxy) is 2. The number of carbonyl (C=O) groups is 1. The highest BCUT2D eigenvalue weighted by molar-refractivity contribution is 5.77. The number of aliphatic hydroxyl groups excluding tert-OH is 1. The Bertz CT molecular complexity index is 1100. The minimum absolute atomic E-state index is 0.0532. The summed E-state index contributed by atoms with van der Waals surface area (Å²) in [6, 6.07) is 0. The third kappa shape index (κ3) is 3.32. The Labute approximate surface area is 234 Å². The van der Waals surface area contributed by atoms with Gasteiger partial charge in [0.15, 0.2) is 5.79 Å². The van der Waals surface area contributed by atoms with Crippen LogP contribution in [0.5, 0.6) is 0 Å². The van der Waals surface area contributed by atoms with E-state index in [2.05, 4.69) is 40.7 Å². The predicted octanol–water partition coefficient (Wildman–Crippen LogP) is 5.95. The zero-order valence-electron chi connectivity index (χ0n) is 25.5. The molecule has 5 aliphatic carbocycles. The van der Waals surface area contributed by atoms with Crippen molar-refractivity contribution in [2.45, 2.75) is 130 Å². The fraction of sp³-hybridized carbons (Fsp3) is 0.909. The largest absolute Gasteiger partial charge is 0.481 e. The molecule has 1 saturated heterocycles. The number of fused-ring (bicyclic) bond motifs is 9. The lowest BCUT2D eigenvalue weighted by Gasteiger charge is -2.73. The molecule has 3 N–H and O–H groups in total. The third-order valence-electron chi connectivity index (χ3n) is 14.3. The van der Waals surface area contributed by atoms with Crippen LogP contribution in [0.1, 0.15) is 107 Å². The predicted molar refractivity (Wildman–Crippen MR) is 149 cm³/mol. The average Bonchev–Trinajstić information content (AvgIpc) is 2.83. The van der Waals surface area contributed by atoms with E-state index in [9.17, 15) is 20.1 Å². The summed E-state index contributed by atoms with van der Waals surface area (Å²) < 4.78 is 12.7. The molecular weight excluding hydrogens is 492 g/mol. The van der Waals surface area contributed by atoms with E-state index in [0.717, 1.165) is 32.1 Å². The zero-order valence-corrected chi connectivity index (χ0v) is 25.5. The van der Waals surface area contributed by atoms with Gasteiger partial charge < -0.3 is 24.8 Å². The van der Waals surface area contributed by atoms with Gasteiger partial charge in [-0.1, -0.05) is 46.3 Å². The second-order valence-corrected chi connectivity index (χ2v) is 16.4. The van der Waals surface area contributed by atoms with Crippen molar-refractivity contribution in [2.75, 3.05) is 6.61 Å². The van der Waals surface area contributed by atoms with Gasteiger partial charge in [0, 0.05) is 11.3 Å². The number of carboxylic acids is 1. The van der Waals surface area contributed by atoms with Gasteiger partial charge in [0.05, 0.1) is 29.8 Å². The van der Waals surface area contributed by atoms with Crippen LogP contribution in [0.2, 0.25) is 0 Å². The summed E-state index contributed by atoms with van der Waals surface area (Å²) in [6.45, 7) is 18.0. The zero-order chi connectivity index (χ0) is 28.6. The fourth-order valence-electron chi connectivity index (χ4n) is 11.8. The molecule has 0 aromatic heterocycles. The van der Waals surface area contributed by atoms with E-state index in [4.69, 9.17) is 9.47 Å². The van der Waals surface area contributed by atoms with Gasteiger partial charge in [-0.25, -0.2) is 0 Å². The third-order valence-corrected chi connectivity index (χ3v) is 14.3. The summed E-state index contributed by atoms with van der Waals surface area (Å²) in [4.78, 5) is 12.9. The topological polar surface area (TPSA) is 96.2 Å². The number of aliphatic hydroxyl groups is 2. The second-order valence-electron chi connectivity index (χ2n) is 16.4. The molecule has 6 nitrogen and oxygen atoms in total. The standard InChI is InChI=1S/C33H52O6/c1-19-11-14-33(26(35)36)16-15-30(6)20(24(33)32(19,8)37)9-10-23-28(4)17-21(34)25-29(5,18-38-27(2,3)39-25)22(28)12-13-31(23,30)7/h9,19,21-25,34,37H,10-18H2,1-8H3,(H,35,36)/t19-,21-,22-,23-,24-,25-,28+,29+,30-,31-,32-,33+/m1/s1. The van der Waals surface area contributed by atoms with Gasteiger partial charge in [0.1, 0.15) is 0 Å². The summed E-state index contributed by atoms with van der Waals surface area (Å²) in [5.74, 6) is -1.02. The van der Waals surface area contributed by atoms with Crippen molar-refractivity contribution in [2.24, 2.45) is 50.7 Å². The minimum Gasteiger partial charge on any atom is -0.481 e. The SMILES string of the molecule is C[C@@H]1CC[C@]2(C(=O)O)CC[C@]3(C)C(=CC[C@@H]4[C@@]5(C)C[C@@H](O)[C@H]6OC(C)(C)OC[C@@]6(C)[C@@H]5CC[C@]43C)[C@@H]2[C@]1(C)O. The van der Waals surface area contributed by atoms with E-state index < -0.39 is 28.9 Å². The van der Waals surface area contributed by atoms with Crippen LogP contribution < -0.4 is 0 Å². The highest BCUT2D eigenvalue weighted by Gasteiger charge is 2.73. The van der Waals surface area contributed by atoms with Gasteiger partial charge in [-0.15, -0.1) is 0 Å². The fourth-order valence-corrected chi connectivity index (χ4v) is 11.8. The lowest BCUT2D eigenvalue weighted by Crippen LogP contribution is -2.71. The van der Waals surface area contributed by atoms with E-state index in [-0.39, 0.29) is 39.6 Å². The van der Waals surface area contributed by atoms with Crippen molar-refractivity contribution in [3.8, 4) is 0 Å². The maximum Gasteiger partial charge on any atom is 0.310 e. The molecule has 5 fully saturated rings. The first-order valence-corrected chi connectivity index (χ1v) is 15.6. The van der Waals surface area contributed by atoms with Crippen LogP contribution in [0.4, 0.5) is 0 Å². The molecule has 0 radical (unpaired) electrons. The molecule has 220 valence electrons. The van der Waals surface area contributed by atoms with Crippen molar-refractivity contribution in [1.29, 1.82) is 0 Å². The van der Waals surface area contributed by atoms with Crippen LogP contribution in [-0.2, 0) is 14.3 Å². The van der Waals surface area contributed by atoms with Crippen molar-refractivity contribution >= 4 is 5.97 Å². The van der Waals surface area contributed by atoms with Crippen molar-refractivity contribution in [3.05, 3.63) is 11.6 Å². The minimum atomic E-state index is -1.06. The summed E-state index contributed by atoms with van der Waals surface area (Å²) in [7, 11) is 0. The molecule has 1 heterocycles. The average molecular weight is 545 g/mol. The molecule has 1 aliphatic heterocycles. The van der Waals surface area contributed by atoms with Gasteiger partial charge >= 0.3 is 5.97 Å². The summed E-state index contributed by atoms with van der Waals surface area (Å²) >= 11 is 0. The molecule has 0 aromatic carbocycles. The lowest BCUT2D eigenvalue weighted by atomic mass is 9.33. The van der Waals surface area contributed by atoms with Crippen LogP contribution in [0.3, 0.4) is 0 Å². The molecule has 0 bridgehead atoms. The second kappa shape index (κ2) is 8.11. The number of allylic oxidation sites excluding steroid dienone is 1. The Hall–Kier alpha value is -0.950. The highest BCUT2D eigenvalue weighted by atomic mass is 16.7. The van der Waals surface area contributed by atoms with Crippen molar-refractivity contribution < 1.29 is 29.6 Å². The first kappa shape index (κ1) is 28.2. The normalized spacial score (nSPS) is 58.1. The van der Waals surface area contributed by atoms with Crippen LogP contribution >= 0.6 is 0 Å². The molecule has 0 amide bonds. The Morgan fingerprint density at radius 1 is 0.949 bits per heavy atom. The monoisotopic (exact) mass is 544 g/mol. The number of hydrogen-bond donors (Lipinski definition) is 3. The van der Waals surface area contributed by atoms with Crippen molar-refractivity contribution in [1.82, 2.24) is 0 Å². The molecule has 0 spiro atoms. The van der Waals surface area contributed by atoms with Crippen LogP contribution in [0.25, 0.3) is 0 Å². The molecule has 6 heteroatoms. The Kier molecular flexibility index (Phi) is 5.86. The van der Waals surface area contributed by atoms with Gasteiger partial charge in [0.25, 0.3) is 0 Å². The Balaban J connectivity index is 1.44. The van der Waals surface area contributed by atoms with E-state index in [1.165, 1.54) is 5.57 Å². The molecule has 12 atom stereocenters. The van der Waals surface area contributed by atoms with Gasteiger partial charge in [0.2, 0.25) is 0 Å². The smallest absolute Gasteiger partial charge is 0.310 e. The number of carboxylic acid groups (broad SMARTS) is 1. The molecule has 4 saturated carbocycles. The maximum absolute atomic E-state index is 12.9. The molecule has 0 unspecified atom stereocenters. The van der Waals surface area contributed by atoms with Crippen LogP contribution in [0.15, 0.2) is 11.6 Å². The van der Waals surface area contributed by atoms with Gasteiger partial charge in [-0.3, -0.25) is 4.79 Å². The van der Waals surface area contributed by atoms with E-state index in [1.54, 1.807) is 0 Å². The quantitative estimate of drug-likeness (QED) is 0.353. The van der Waals surface area contributed by atoms with E-state index in [1.807, 2.05) is 20.8 Å². The summed E-state index contributed by atoms with van der Waals surface area (Å²) in [5.41, 5.74) is -1.35. The summed E-state index contributed by atoms with van der Waals surface area (Å²) in [5, 5.41) is 34.3. The lowest BCUT2D eigenvalue weighted by molar-refractivity contribution is -0.368.